The summed E-state index contributed by atoms with van der Waals surface area (Å²) in [5.74, 6) is 2.03. The predicted molar refractivity (Wildman–Crippen MR) is 80.3 cm³/mol. The van der Waals surface area contributed by atoms with Crippen LogP contribution in [0.4, 0.5) is 0 Å². The summed E-state index contributed by atoms with van der Waals surface area (Å²) in [6, 6.07) is 0.649. The Labute approximate surface area is 117 Å². The van der Waals surface area contributed by atoms with Crippen molar-refractivity contribution in [3.63, 3.8) is 0 Å². The molecule has 2 rings (SSSR count). The molecule has 0 radical (unpaired) electrons. The van der Waals surface area contributed by atoms with Crippen LogP contribution in [0.3, 0.4) is 0 Å². The van der Waals surface area contributed by atoms with E-state index >= 15 is 0 Å². The summed E-state index contributed by atoms with van der Waals surface area (Å²) in [5, 5.41) is 3.55. The summed E-state index contributed by atoms with van der Waals surface area (Å²) in [5.41, 5.74) is 0.282. The van der Waals surface area contributed by atoms with Gasteiger partial charge in [0.15, 0.2) is 0 Å². The van der Waals surface area contributed by atoms with Gasteiger partial charge in [-0.2, -0.15) is 11.8 Å². The van der Waals surface area contributed by atoms with Crippen LogP contribution in [-0.4, -0.2) is 35.8 Å². The van der Waals surface area contributed by atoms with E-state index in [-0.39, 0.29) is 5.60 Å². The summed E-state index contributed by atoms with van der Waals surface area (Å²) in [4.78, 5) is 0. The Morgan fingerprint density at radius 1 is 1.39 bits per heavy atom. The molecule has 1 N–H and O–H groups in total. The van der Waals surface area contributed by atoms with Gasteiger partial charge < -0.3 is 10.1 Å². The molecule has 3 heteroatoms. The number of hydrogen-bond donors (Lipinski definition) is 1. The Kier molecular flexibility index (Phi) is 4.66. The topological polar surface area (TPSA) is 21.3 Å². The van der Waals surface area contributed by atoms with Crippen molar-refractivity contribution in [3.8, 4) is 0 Å². The van der Waals surface area contributed by atoms with Gasteiger partial charge in [-0.1, -0.05) is 20.8 Å². The van der Waals surface area contributed by atoms with E-state index in [1.807, 2.05) is 0 Å². The van der Waals surface area contributed by atoms with Gasteiger partial charge >= 0.3 is 0 Å². The van der Waals surface area contributed by atoms with E-state index in [0.29, 0.717) is 10.8 Å². The van der Waals surface area contributed by atoms with Crippen LogP contribution in [0.25, 0.3) is 0 Å². The highest BCUT2D eigenvalue weighted by Crippen LogP contribution is 2.45. The summed E-state index contributed by atoms with van der Waals surface area (Å²) in [6.45, 7) is 7.90. The van der Waals surface area contributed by atoms with Crippen molar-refractivity contribution in [1.29, 1.82) is 0 Å². The van der Waals surface area contributed by atoms with Crippen LogP contribution in [-0.2, 0) is 4.74 Å². The Bertz CT molecular complexity index is 270. The minimum atomic E-state index is 0.282. The maximum Gasteiger partial charge on any atom is 0.0685 e. The van der Waals surface area contributed by atoms with E-state index in [0.717, 1.165) is 12.5 Å². The van der Waals surface area contributed by atoms with Crippen LogP contribution in [0.1, 0.15) is 52.9 Å². The van der Waals surface area contributed by atoms with Gasteiger partial charge in [0.05, 0.1) is 5.60 Å². The van der Waals surface area contributed by atoms with Gasteiger partial charge in [-0.15, -0.1) is 0 Å². The molecule has 2 aliphatic rings. The Morgan fingerprint density at radius 2 is 2.11 bits per heavy atom. The van der Waals surface area contributed by atoms with Crippen molar-refractivity contribution >= 4 is 11.8 Å². The average molecular weight is 271 g/mol. The second-order valence-electron chi connectivity index (χ2n) is 6.96. The van der Waals surface area contributed by atoms with Gasteiger partial charge in [0, 0.05) is 23.1 Å². The second-order valence-corrected chi connectivity index (χ2v) is 8.80. The molecule has 106 valence electrons. The first-order valence-electron chi connectivity index (χ1n) is 7.39. The third-order valence-corrected chi connectivity index (χ3v) is 5.82. The third kappa shape index (κ3) is 3.64. The average Bonchev–Trinajstić information content (AvgIpc) is 2.27. The largest absolute Gasteiger partial charge is 0.375 e. The molecule has 0 aromatic carbocycles. The number of ether oxygens (including phenoxy) is 1. The van der Waals surface area contributed by atoms with Gasteiger partial charge in [0.2, 0.25) is 0 Å². The van der Waals surface area contributed by atoms with Crippen LogP contribution < -0.4 is 5.32 Å². The van der Waals surface area contributed by atoms with Gasteiger partial charge in [-0.3, -0.25) is 0 Å². The highest BCUT2D eigenvalue weighted by atomic mass is 32.2. The van der Waals surface area contributed by atoms with Crippen molar-refractivity contribution in [2.45, 2.75) is 69.3 Å². The third-order valence-electron chi connectivity index (χ3n) is 4.43. The van der Waals surface area contributed by atoms with Gasteiger partial charge in [-0.05, 0) is 45.1 Å². The monoisotopic (exact) mass is 271 g/mol. The molecular weight excluding hydrogens is 242 g/mol. The summed E-state index contributed by atoms with van der Waals surface area (Å²) in [6.07, 6.45) is 6.48. The minimum Gasteiger partial charge on any atom is -0.375 e. The smallest absolute Gasteiger partial charge is 0.0685 e. The van der Waals surface area contributed by atoms with Gasteiger partial charge in [0.1, 0.15) is 0 Å². The Morgan fingerprint density at radius 3 is 2.61 bits per heavy atom. The van der Waals surface area contributed by atoms with Crippen LogP contribution >= 0.6 is 11.8 Å². The molecule has 1 spiro atoms. The number of hydrogen-bond acceptors (Lipinski definition) is 3. The summed E-state index contributed by atoms with van der Waals surface area (Å²) < 4.78 is 6.41. The molecule has 0 aromatic rings. The molecule has 1 aliphatic carbocycles. The molecule has 0 aromatic heterocycles. The highest BCUT2D eigenvalue weighted by Gasteiger charge is 2.44. The molecule has 0 bridgehead atoms. The number of nitrogens with one attached hydrogen (secondary N) is 1. The maximum atomic E-state index is 6.04. The van der Waals surface area contributed by atoms with Crippen molar-refractivity contribution in [1.82, 2.24) is 5.32 Å². The fourth-order valence-electron chi connectivity index (χ4n) is 3.12. The second kappa shape index (κ2) is 5.72. The normalized spacial score (nSPS) is 29.0. The minimum absolute atomic E-state index is 0.282. The first kappa shape index (κ1) is 14.7. The molecule has 1 heterocycles. The van der Waals surface area contributed by atoms with Crippen LogP contribution in [0.5, 0.6) is 0 Å². The van der Waals surface area contributed by atoms with Crippen molar-refractivity contribution < 1.29 is 4.74 Å². The van der Waals surface area contributed by atoms with E-state index in [1.54, 1.807) is 0 Å². The van der Waals surface area contributed by atoms with Crippen LogP contribution in [0.15, 0.2) is 0 Å². The Hall–Kier alpha value is 0.270. The lowest BCUT2D eigenvalue weighted by Gasteiger charge is -2.49. The van der Waals surface area contributed by atoms with E-state index in [1.165, 1.54) is 37.9 Å². The fraction of sp³-hybridized carbons (Fsp3) is 1.00. The van der Waals surface area contributed by atoms with Gasteiger partial charge in [0.25, 0.3) is 0 Å². The van der Waals surface area contributed by atoms with Gasteiger partial charge in [-0.25, -0.2) is 0 Å². The van der Waals surface area contributed by atoms with E-state index in [2.05, 4.69) is 44.9 Å². The first-order valence-corrected chi connectivity index (χ1v) is 8.38. The zero-order valence-corrected chi connectivity index (χ0v) is 13.2. The number of rotatable bonds is 4. The molecular formula is C15H29NOS. The lowest BCUT2D eigenvalue weighted by molar-refractivity contribution is -0.146. The zero-order chi connectivity index (χ0) is 13.2. The summed E-state index contributed by atoms with van der Waals surface area (Å²) >= 11 is 2.08. The molecule has 2 nitrogen and oxygen atoms in total. The fourth-order valence-corrected chi connectivity index (χ4v) is 4.24. The van der Waals surface area contributed by atoms with E-state index in [4.69, 9.17) is 4.74 Å². The first-order chi connectivity index (χ1) is 8.44. The lowest BCUT2D eigenvalue weighted by Crippen LogP contribution is -2.50. The highest BCUT2D eigenvalue weighted by molar-refractivity contribution is 8.00. The molecule has 1 saturated heterocycles. The molecule has 2 fully saturated rings. The lowest BCUT2D eigenvalue weighted by atomic mass is 9.70. The van der Waals surface area contributed by atoms with Crippen molar-refractivity contribution in [3.05, 3.63) is 0 Å². The van der Waals surface area contributed by atoms with Crippen molar-refractivity contribution in [2.24, 2.45) is 5.92 Å². The van der Waals surface area contributed by atoms with E-state index < -0.39 is 0 Å². The SMILES string of the molecule is CNC(CSC(C)(C)C)C1CCOC2(CCC2)C1. The number of thioether (sulfide) groups is 1. The van der Waals surface area contributed by atoms with E-state index in [9.17, 15) is 0 Å². The van der Waals surface area contributed by atoms with Crippen LogP contribution in [0.2, 0.25) is 0 Å². The molecule has 2 unspecified atom stereocenters. The maximum absolute atomic E-state index is 6.04. The molecule has 1 saturated carbocycles. The van der Waals surface area contributed by atoms with Crippen LogP contribution in [0, 0.1) is 5.92 Å². The molecule has 1 aliphatic heterocycles. The standard InChI is InChI=1S/C15H29NOS/c1-14(2,3)18-11-13(16-4)12-6-9-17-15(10-12)7-5-8-15/h12-13,16H,5-11H2,1-4H3. The molecule has 18 heavy (non-hydrogen) atoms. The van der Waals surface area contributed by atoms with Crippen molar-refractivity contribution in [2.75, 3.05) is 19.4 Å². The summed E-state index contributed by atoms with van der Waals surface area (Å²) in [7, 11) is 2.12. The zero-order valence-electron chi connectivity index (χ0n) is 12.4. The quantitative estimate of drug-likeness (QED) is 0.846. The molecule has 2 atom stereocenters. The Balaban J connectivity index is 1.87. The predicted octanol–water partition coefficient (Wildman–Crippen LogP) is 3.46. The molecule has 0 amide bonds.